The van der Waals surface area contributed by atoms with Crippen molar-refractivity contribution in [3.05, 3.63) is 52.7 Å². The van der Waals surface area contributed by atoms with Crippen molar-refractivity contribution in [2.75, 3.05) is 13.1 Å². The number of nitrogens with zero attached hydrogens (tertiary/aromatic N) is 6. The number of thiophene rings is 1. The maximum Gasteiger partial charge on any atom is 0.167 e. The Morgan fingerprint density at radius 2 is 2.10 bits per heavy atom. The number of fused-ring (bicyclic) bond motifs is 5. The molecule has 4 aromatic rings. The Kier molecular flexibility index (Phi) is 4.72. The molecular formula is C23H26N6S. The molecule has 6 rings (SSSR count). The van der Waals surface area contributed by atoms with Crippen molar-refractivity contribution in [3.63, 3.8) is 0 Å². The van der Waals surface area contributed by atoms with Crippen LogP contribution in [-0.2, 0) is 19.3 Å². The van der Waals surface area contributed by atoms with Gasteiger partial charge in [-0.15, -0.1) is 16.4 Å². The van der Waals surface area contributed by atoms with Crippen molar-refractivity contribution < 1.29 is 0 Å². The van der Waals surface area contributed by atoms with E-state index in [2.05, 4.69) is 16.0 Å². The Morgan fingerprint density at radius 3 is 3.03 bits per heavy atom. The van der Waals surface area contributed by atoms with Crippen LogP contribution in [0.1, 0.15) is 60.0 Å². The van der Waals surface area contributed by atoms with Crippen molar-refractivity contribution in [1.82, 2.24) is 29.5 Å². The van der Waals surface area contributed by atoms with Crippen LogP contribution in [0.5, 0.6) is 0 Å². The zero-order valence-corrected chi connectivity index (χ0v) is 17.9. The second-order valence-corrected chi connectivity index (χ2v) is 9.60. The monoisotopic (exact) mass is 418 g/mol. The van der Waals surface area contributed by atoms with Crippen LogP contribution in [0.3, 0.4) is 0 Å². The zero-order valence-electron chi connectivity index (χ0n) is 17.1. The molecule has 1 atom stereocenters. The van der Waals surface area contributed by atoms with Crippen LogP contribution in [0.25, 0.3) is 15.9 Å². The lowest BCUT2D eigenvalue weighted by atomic mass is 9.96. The fraction of sp³-hybridized carbons (Fsp3) is 0.478. The lowest BCUT2D eigenvalue weighted by Gasteiger charge is -2.35. The summed E-state index contributed by atoms with van der Waals surface area (Å²) < 4.78 is 1.90. The average Bonchev–Trinajstić information content (AvgIpc) is 3.39. The predicted octanol–water partition coefficient (Wildman–Crippen LogP) is 4.38. The summed E-state index contributed by atoms with van der Waals surface area (Å²) in [6.45, 7) is 2.12. The molecule has 0 aromatic carbocycles. The van der Waals surface area contributed by atoms with Gasteiger partial charge in [0.2, 0.25) is 0 Å². The molecule has 1 fully saturated rings. The van der Waals surface area contributed by atoms with E-state index in [1.54, 1.807) is 0 Å². The third-order valence-corrected chi connectivity index (χ3v) is 7.84. The summed E-state index contributed by atoms with van der Waals surface area (Å²) in [7, 11) is 0. The minimum Gasteiger partial charge on any atom is -0.296 e. The molecule has 1 aliphatic heterocycles. The van der Waals surface area contributed by atoms with Gasteiger partial charge in [0, 0.05) is 36.3 Å². The number of likely N-dealkylation sites (tertiary alicyclic amines) is 1. The smallest absolute Gasteiger partial charge is 0.167 e. The molecular weight excluding hydrogens is 392 g/mol. The topological polar surface area (TPSA) is 59.2 Å². The second kappa shape index (κ2) is 7.71. The fourth-order valence-corrected chi connectivity index (χ4v) is 6.38. The van der Waals surface area contributed by atoms with Crippen LogP contribution < -0.4 is 0 Å². The van der Waals surface area contributed by atoms with Crippen molar-refractivity contribution in [1.29, 1.82) is 0 Å². The normalized spacial score (nSPS) is 20.1. The number of aryl methyl sites for hydroxylation is 2. The molecule has 0 bridgehead atoms. The van der Waals surface area contributed by atoms with E-state index >= 15 is 0 Å². The van der Waals surface area contributed by atoms with E-state index in [0.29, 0.717) is 6.04 Å². The minimum atomic E-state index is 0.460. The largest absolute Gasteiger partial charge is 0.296 e. The Morgan fingerprint density at radius 1 is 1.13 bits per heavy atom. The molecule has 4 aromatic heterocycles. The quantitative estimate of drug-likeness (QED) is 0.492. The SMILES string of the molecule is c1cncc(C2CCCCN2CCc2nc3c4c5c(sc4ncn3n2)CCCC5)c1. The van der Waals surface area contributed by atoms with Crippen LogP contribution in [0, 0.1) is 0 Å². The van der Waals surface area contributed by atoms with E-state index in [-0.39, 0.29) is 0 Å². The summed E-state index contributed by atoms with van der Waals surface area (Å²) >= 11 is 1.85. The molecule has 0 amide bonds. The highest BCUT2D eigenvalue weighted by Gasteiger charge is 2.25. The second-order valence-electron chi connectivity index (χ2n) is 8.52. The van der Waals surface area contributed by atoms with Gasteiger partial charge in [0.05, 0.1) is 5.39 Å². The molecule has 1 unspecified atom stereocenters. The highest BCUT2D eigenvalue weighted by molar-refractivity contribution is 7.19. The van der Waals surface area contributed by atoms with Gasteiger partial charge in [-0.1, -0.05) is 12.5 Å². The molecule has 0 spiro atoms. The van der Waals surface area contributed by atoms with Crippen LogP contribution in [0.4, 0.5) is 0 Å². The van der Waals surface area contributed by atoms with Gasteiger partial charge in [0.1, 0.15) is 11.2 Å². The summed E-state index contributed by atoms with van der Waals surface area (Å²) in [5.74, 6) is 0.926. The molecule has 154 valence electrons. The van der Waals surface area contributed by atoms with Gasteiger partial charge in [-0.05, 0) is 62.3 Å². The van der Waals surface area contributed by atoms with Crippen LogP contribution in [-0.4, -0.2) is 42.6 Å². The van der Waals surface area contributed by atoms with Gasteiger partial charge < -0.3 is 0 Å². The number of hydrogen-bond donors (Lipinski definition) is 0. The van der Waals surface area contributed by atoms with Gasteiger partial charge in [-0.2, -0.15) is 0 Å². The summed E-state index contributed by atoms with van der Waals surface area (Å²) in [6, 6.07) is 4.72. The number of piperidine rings is 1. The number of hydrogen-bond acceptors (Lipinski definition) is 6. The summed E-state index contributed by atoms with van der Waals surface area (Å²) in [5.41, 5.74) is 3.80. The lowest BCUT2D eigenvalue weighted by molar-refractivity contribution is 0.149. The molecule has 0 radical (unpaired) electrons. The first-order chi connectivity index (χ1) is 14.9. The average molecular weight is 419 g/mol. The third kappa shape index (κ3) is 3.20. The number of pyridine rings is 1. The Bertz CT molecular complexity index is 1180. The number of rotatable bonds is 4. The minimum absolute atomic E-state index is 0.460. The van der Waals surface area contributed by atoms with Crippen LogP contribution in [0.15, 0.2) is 30.9 Å². The number of aromatic nitrogens is 5. The molecule has 1 saturated heterocycles. The zero-order chi connectivity index (χ0) is 19.9. The maximum atomic E-state index is 4.98. The van der Waals surface area contributed by atoms with E-state index in [1.807, 2.05) is 40.6 Å². The highest BCUT2D eigenvalue weighted by atomic mass is 32.1. The molecule has 30 heavy (non-hydrogen) atoms. The van der Waals surface area contributed by atoms with E-state index in [1.165, 1.54) is 59.9 Å². The van der Waals surface area contributed by atoms with E-state index in [0.717, 1.165) is 42.2 Å². The van der Waals surface area contributed by atoms with E-state index < -0.39 is 0 Å². The van der Waals surface area contributed by atoms with Crippen molar-refractivity contribution in [2.24, 2.45) is 0 Å². The van der Waals surface area contributed by atoms with E-state index in [9.17, 15) is 0 Å². The van der Waals surface area contributed by atoms with Crippen LogP contribution >= 0.6 is 11.3 Å². The van der Waals surface area contributed by atoms with Gasteiger partial charge >= 0.3 is 0 Å². The fourth-order valence-electron chi connectivity index (χ4n) is 5.16. The molecule has 0 saturated carbocycles. The third-order valence-electron chi connectivity index (χ3n) is 6.64. The summed E-state index contributed by atoms with van der Waals surface area (Å²) in [5, 5.41) is 6.03. The Labute approximate surface area is 180 Å². The van der Waals surface area contributed by atoms with E-state index in [4.69, 9.17) is 15.1 Å². The summed E-state index contributed by atoms with van der Waals surface area (Å²) in [6.07, 6.45) is 15.2. The van der Waals surface area contributed by atoms with Crippen molar-refractivity contribution in [2.45, 2.75) is 57.4 Å². The first-order valence-corrected chi connectivity index (χ1v) is 12.0. The molecule has 5 heterocycles. The summed E-state index contributed by atoms with van der Waals surface area (Å²) in [4.78, 5) is 19.2. The predicted molar refractivity (Wildman–Crippen MR) is 119 cm³/mol. The molecule has 2 aliphatic rings. The Balaban J connectivity index is 1.27. The molecule has 1 aliphatic carbocycles. The van der Waals surface area contributed by atoms with Crippen molar-refractivity contribution >= 4 is 27.2 Å². The van der Waals surface area contributed by atoms with Gasteiger partial charge in [-0.3, -0.25) is 9.88 Å². The standard InChI is InChI=1S/C23H26N6S/c1-2-9-19-17(7-1)21-22-26-20(27-29(22)15-25-23(21)30-19)10-13-28-12-4-3-8-18(28)16-6-5-11-24-14-16/h5-6,11,14-15,18H,1-4,7-10,12-13H2. The van der Waals surface area contributed by atoms with Gasteiger partial charge in [0.15, 0.2) is 11.5 Å². The van der Waals surface area contributed by atoms with Crippen molar-refractivity contribution in [3.8, 4) is 0 Å². The van der Waals surface area contributed by atoms with Crippen LogP contribution in [0.2, 0.25) is 0 Å². The van der Waals surface area contributed by atoms with Gasteiger partial charge in [-0.25, -0.2) is 14.5 Å². The Hall–Kier alpha value is -2.38. The highest BCUT2D eigenvalue weighted by Crippen LogP contribution is 2.37. The van der Waals surface area contributed by atoms with Gasteiger partial charge in [0.25, 0.3) is 0 Å². The molecule has 7 heteroatoms. The lowest BCUT2D eigenvalue weighted by Crippen LogP contribution is -2.35. The first-order valence-electron chi connectivity index (χ1n) is 11.2. The molecule has 0 N–H and O–H groups in total. The maximum absolute atomic E-state index is 4.98. The first kappa shape index (κ1) is 18.4. The molecule has 6 nitrogen and oxygen atoms in total.